The van der Waals surface area contributed by atoms with Gasteiger partial charge in [0.2, 0.25) is 0 Å². The molecular formula is C14H20O2. The second kappa shape index (κ2) is 3.61. The second-order valence-corrected chi connectivity index (χ2v) is 5.93. The molecule has 2 bridgehead atoms. The highest BCUT2D eigenvalue weighted by Gasteiger charge is 2.53. The Morgan fingerprint density at radius 2 is 2.12 bits per heavy atom. The number of carbonyl (C=O) groups excluding carboxylic acids is 1. The molecule has 0 saturated heterocycles. The Kier molecular flexibility index (Phi) is 2.34. The molecule has 0 aromatic heterocycles. The van der Waals surface area contributed by atoms with Crippen LogP contribution in [0.4, 0.5) is 0 Å². The van der Waals surface area contributed by atoms with Gasteiger partial charge in [-0.2, -0.15) is 0 Å². The van der Waals surface area contributed by atoms with Gasteiger partial charge in [0.05, 0.1) is 5.92 Å². The summed E-state index contributed by atoms with van der Waals surface area (Å²) in [5.41, 5.74) is 0. The first-order valence-corrected chi connectivity index (χ1v) is 6.54. The topological polar surface area (TPSA) is 26.3 Å². The molecule has 0 aromatic carbocycles. The van der Waals surface area contributed by atoms with Gasteiger partial charge in [-0.25, -0.2) is 0 Å². The summed E-state index contributed by atoms with van der Waals surface area (Å²) in [6.45, 7) is 3.82. The van der Waals surface area contributed by atoms with E-state index in [0.717, 1.165) is 24.2 Å². The molecule has 0 unspecified atom stereocenters. The van der Waals surface area contributed by atoms with Crippen molar-refractivity contribution in [3.63, 3.8) is 0 Å². The van der Waals surface area contributed by atoms with Crippen molar-refractivity contribution in [2.75, 3.05) is 0 Å². The van der Waals surface area contributed by atoms with E-state index in [2.05, 4.69) is 12.2 Å². The first-order chi connectivity index (χ1) is 7.66. The SMILES string of the molecule is CC(C)C(=O)O[C@H]1C[C@H]2C[C@@H]1[C@H]1CC=C[C@H]21. The number of hydrogen-bond acceptors (Lipinski definition) is 2. The van der Waals surface area contributed by atoms with E-state index in [1.807, 2.05) is 13.8 Å². The summed E-state index contributed by atoms with van der Waals surface area (Å²) in [5, 5.41) is 0. The van der Waals surface area contributed by atoms with Gasteiger partial charge in [-0.3, -0.25) is 4.79 Å². The van der Waals surface area contributed by atoms with E-state index in [9.17, 15) is 4.79 Å². The van der Waals surface area contributed by atoms with Gasteiger partial charge in [0, 0.05) is 0 Å². The third-order valence-corrected chi connectivity index (χ3v) is 4.68. The Morgan fingerprint density at radius 3 is 2.88 bits per heavy atom. The van der Waals surface area contributed by atoms with Crippen molar-refractivity contribution >= 4 is 5.97 Å². The molecule has 0 amide bonds. The highest BCUT2D eigenvalue weighted by atomic mass is 16.5. The number of hydrogen-bond donors (Lipinski definition) is 0. The van der Waals surface area contributed by atoms with Gasteiger partial charge in [0.25, 0.3) is 0 Å². The van der Waals surface area contributed by atoms with Gasteiger partial charge in [-0.1, -0.05) is 26.0 Å². The lowest BCUT2D eigenvalue weighted by Gasteiger charge is -2.31. The Balaban J connectivity index is 1.67. The van der Waals surface area contributed by atoms with Crippen molar-refractivity contribution in [1.82, 2.24) is 0 Å². The van der Waals surface area contributed by atoms with Crippen LogP contribution in [0.15, 0.2) is 12.2 Å². The summed E-state index contributed by atoms with van der Waals surface area (Å²) in [6, 6.07) is 0. The number of fused-ring (bicyclic) bond motifs is 5. The number of rotatable bonds is 2. The fourth-order valence-corrected chi connectivity index (χ4v) is 3.92. The summed E-state index contributed by atoms with van der Waals surface area (Å²) in [5.74, 6) is 3.02. The molecule has 0 radical (unpaired) electrons. The maximum absolute atomic E-state index is 11.6. The molecule has 2 saturated carbocycles. The first kappa shape index (κ1) is 10.4. The van der Waals surface area contributed by atoms with Crippen LogP contribution in [0.3, 0.4) is 0 Å². The van der Waals surface area contributed by atoms with E-state index in [-0.39, 0.29) is 18.0 Å². The lowest BCUT2D eigenvalue weighted by atomic mass is 9.80. The van der Waals surface area contributed by atoms with Crippen LogP contribution < -0.4 is 0 Å². The van der Waals surface area contributed by atoms with E-state index in [1.54, 1.807) is 0 Å². The minimum Gasteiger partial charge on any atom is -0.462 e. The highest BCUT2D eigenvalue weighted by Crippen LogP contribution is 2.57. The molecule has 0 spiro atoms. The average Bonchev–Trinajstić information content (AvgIpc) is 2.87. The molecule has 5 atom stereocenters. The summed E-state index contributed by atoms with van der Waals surface area (Å²) in [7, 11) is 0. The molecule has 0 heterocycles. The van der Waals surface area contributed by atoms with Gasteiger partial charge in [-0.05, 0) is 42.9 Å². The zero-order chi connectivity index (χ0) is 11.3. The van der Waals surface area contributed by atoms with Crippen molar-refractivity contribution in [2.24, 2.45) is 29.6 Å². The Morgan fingerprint density at radius 1 is 1.31 bits per heavy atom. The third kappa shape index (κ3) is 1.42. The van der Waals surface area contributed by atoms with Crippen LogP contribution in [0.5, 0.6) is 0 Å². The van der Waals surface area contributed by atoms with Crippen molar-refractivity contribution in [3.8, 4) is 0 Å². The van der Waals surface area contributed by atoms with Crippen LogP contribution in [0, 0.1) is 29.6 Å². The van der Waals surface area contributed by atoms with Crippen LogP contribution >= 0.6 is 0 Å². The van der Waals surface area contributed by atoms with E-state index in [1.165, 1.54) is 12.8 Å². The van der Waals surface area contributed by atoms with Gasteiger partial charge < -0.3 is 4.74 Å². The minimum atomic E-state index is -0.0138. The maximum atomic E-state index is 11.6. The van der Waals surface area contributed by atoms with Crippen LogP contribution in [-0.4, -0.2) is 12.1 Å². The Hall–Kier alpha value is -0.790. The normalized spacial score (nSPS) is 44.1. The molecule has 0 aromatic rings. The van der Waals surface area contributed by atoms with Crippen LogP contribution in [0.1, 0.15) is 33.1 Å². The first-order valence-electron chi connectivity index (χ1n) is 6.54. The lowest BCUT2D eigenvalue weighted by molar-refractivity contribution is -0.156. The van der Waals surface area contributed by atoms with E-state index in [4.69, 9.17) is 4.74 Å². The largest absolute Gasteiger partial charge is 0.462 e. The van der Waals surface area contributed by atoms with E-state index >= 15 is 0 Å². The zero-order valence-corrected chi connectivity index (χ0v) is 10.1. The predicted octanol–water partition coefficient (Wildman–Crippen LogP) is 2.79. The molecule has 2 heteroatoms. The van der Waals surface area contributed by atoms with Crippen LogP contribution in [0.25, 0.3) is 0 Å². The van der Waals surface area contributed by atoms with Crippen LogP contribution in [-0.2, 0) is 9.53 Å². The molecule has 3 rings (SSSR count). The fraction of sp³-hybridized carbons (Fsp3) is 0.786. The van der Waals surface area contributed by atoms with Crippen molar-refractivity contribution in [2.45, 2.75) is 39.2 Å². The standard InChI is InChI=1S/C14H20O2/c1-8(2)14(15)16-13-7-9-6-12(13)11-5-3-4-10(9)11/h3-4,8-13H,5-7H2,1-2H3/t9-,10-,11+,12-,13+/m1/s1. The molecular weight excluding hydrogens is 200 g/mol. The Bertz CT molecular complexity index is 332. The van der Waals surface area contributed by atoms with Gasteiger partial charge >= 0.3 is 5.97 Å². The monoisotopic (exact) mass is 220 g/mol. The summed E-state index contributed by atoms with van der Waals surface area (Å²) >= 11 is 0. The minimum absolute atomic E-state index is 0.0108. The smallest absolute Gasteiger partial charge is 0.308 e. The molecule has 3 aliphatic carbocycles. The number of carbonyl (C=O) groups is 1. The molecule has 16 heavy (non-hydrogen) atoms. The highest BCUT2D eigenvalue weighted by molar-refractivity contribution is 5.71. The van der Waals surface area contributed by atoms with Crippen molar-refractivity contribution in [1.29, 1.82) is 0 Å². The third-order valence-electron chi connectivity index (χ3n) is 4.68. The molecule has 2 fully saturated rings. The average molecular weight is 220 g/mol. The van der Waals surface area contributed by atoms with E-state index < -0.39 is 0 Å². The molecule has 0 aliphatic heterocycles. The lowest BCUT2D eigenvalue weighted by Crippen LogP contribution is -2.33. The number of allylic oxidation sites excluding steroid dienone is 2. The number of esters is 1. The predicted molar refractivity (Wildman–Crippen MR) is 61.7 cm³/mol. The van der Waals surface area contributed by atoms with Gasteiger partial charge in [-0.15, -0.1) is 0 Å². The molecule has 2 nitrogen and oxygen atoms in total. The Labute approximate surface area is 97.1 Å². The molecule has 0 N–H and O–H groups in total. The van der Waals surface area contributed by atoms with Crippen molar-refractivity contribution in [3.05, 3.63) is 12.2 Å². The van der Waals surface area contributed by atoms with Crippen LogP contribution in [0.2, 0.25) is 0 Å². The zero-order valence-electron chi connectivity index (χ0n) is 10.1. The fourth-order valence-electron chi connectivity index (χ4n) is 3.92. The summed E-state index contributed by atoms with van der Waals surface area (Å²) in [4.78, 5) is 11.6. The molecule has 88 valence electrons. The molecule has 3 aliphatic rings. The van der Waals surface area contributed by atoms with E-state index in [0.29, 0.717) is 5.92 Å². The summed E-state index contributed by atoms with van der Waals surface area (Å²) in [6.07, 6.45) is 8.55. The van der Waals surface area contributed by atoms with Crippen molar-refractivity contribution < 1.29 is 9.53 Å². The maximum Gasteiger partial charge on any atom is 0.308 e. The van der Waals surface area contributed by atoms with Gasteiger partial charge in [0.1, 0.15) is 6.10 Å². The quantitative estimate of drug-likeness (QED) is 0.528. The second-order valence-electron chi connectivity index (χ2n) is 5.93. The number of ether oxygens (including phenoxy) is 1. The summed E-state index contributed by atoms with van der Waals surface area (Å²) < 4.78 is 5.65. The van der Waals surface area contributed by atoms with Gasteiger partial charge in [0.15, 0.2) is 0 Å².